The van der Waals surface area contributed by atoms with Crippen LogP contribution in [0.1, 0.15) is 24.3 Å². The third-order valence-corrected chi connectivity index (χ3v) is 5.59. The largest absolute Gasteiger partial charge is 0.330 e. The molecule has 0 aromatic heterocycles. The van der Waals surface area contributed by atoms with Crippen molar-refractivity contribution in [2.45, 2.75) is 18.8 Å². The van der Waals surface area contributed by atoms with Crippen LogP contribution in [0.15, 0.2) is 18.2 Å². The van der Waals surface area contributed by atoms with E-state index in [-0.39, 0.29) is 0 Å². The normalized spacial score (nSPS) is 31.4. The van der Waals surface area contributed by atoms with Gasteiger partial charge in [-0.15, -0.1) is 0 Å². The number of nitrogens with zero attached hydrogens (tertiary/aromatic N) is 1. The second kappa shape index (κ2) is 5.61. The van der Waals surface area contributed by atoms with Gasteiger partial charge in [-0.3, -0.25) is 0 Å². The summed E-state index contributed by atoms with van der Waals surface area (Å²) in [6.45, 7) is 4.40. The first-order chi connectivity index (χ1) is 9.19. The van der Waals surface area contributed by atoms with Gasteiger partial charge in [0, 0.05) is 12.5 Å². The lowest BCUT2D eigenvalue weighted by atomic mass is 9.70. The molecule has 2 bridgehead atoms. The van der Waals surface area contributed by atoms with Gasteiger partial charge in [-0.25, -0.2) is 0 Å². The minimum absolute atomic E-state index is 0.405. The van der Waals surface area contributed by atoms with Gasteiger partial charge < -0.3 is 10.6 Å². The highest BCUT2D eigenvalue weighted by atomic mass is 35.5. The van der Waals surface area contributed by atoms with Crippen molar-refractivity contribution in [3.63, 3.8) is 0 Å². The van der Waals surface area contributed by atoms with Crippen molar-refractivity contribution in [1.82, 2.24) is 4.90 Å². The number of piperidine rings is 3. The number of hydrogen-bond donors (Lipinski definition) is 1. The van der Waals surface area contributed by atoms with Crippen molar-refractivity contribution < 1.29 is 0 Å². The molecule has 4 rings (SSSR count). The summed E-state index contributed by atoms with van der Waals surface area (Å²) in [6.07, 6.45) is 2.64. The Morgan fingerprint density at radius 3 is 2.47 bits per heavy atom. The average molecular weight is 299 g/mol. The monoisotopic (exact) mass is 298 g/mol. The summed E-state index contributed by atoms with van der Waals surface area (Å²) in [5.74, 6) is 1.90. The number of nitrogens with two attached hydrogens (primary N) is 1. The second-order valence-corrected chi connectivity index (χ2v) is 6.63. The molecule has 0 aliphatic carbocycles. The number of hydrogen-bond acceptors (Lipinski definition) is 2. The van der Waals surface area contributed by atoms with E-state index in [1.807, 2.05) is 12.1 Å². The van der Waals surface area contributed by atoms with E-state index in [0.29, 0.717) is 28.4 Å². The molecule has 2 N–H and O–H groups in total. The number of fused-ring (bicyclic) bond motifs is 3. The number of benzene rings is 1. The van der Waals surface area contributed by atoms with Crippen LogP contribution >= 0.6 is 23.2 Å². The lowest BCUT2D eigenvalue weighted by molar-refractivity contribution is 0.0379. The molecule has 19 heavy (non-hydrogen) atoms. The minimum atomic E-state index is 0.405. The molecule has 2 nitrogen and oxygen atoms in total. The minimum Gasteiger partial charge on any atom is -0.330 e. The third-order valence-electron chi connectivity index (χ3n) is 4.85. The van der Waals surface area contributed by atoms with Gasteiger partial charge in [-0.05, 0) is 62.0 Å². The van der Waals surface area contributed by atoms with E-state index in [0.717, 1.165) is 5.92 Å². The van der Waals surface area contributed by atoms with Gasteiger partial charge in [0.2, 0.25) is 0 Å². The SMILES string of the molecule is NCC(c1ccc(Cl)c(Cl)c1)C1CN2CCC1CC2. The van der Waals surface area contributed by atoms with Gasteiger partial charge in [0.25, 0.3) is 0 Å². The smallest absolute Gasteiger partial charge is 0.0595 e. The van der Waals surface area contributed by atoms with Crippen molar-refractivity contribution >= 4 is 23.2 Å². The summed E-state index contributed by atoms with van der Waals surface area (Å²) < 4.78 is 0. The average Bonchev–Trinajstić information content (AvgIpc) is 2.45. The summed E-state index contributed by atoms with van der Waals surface area (Å²) in [5, 5.41) is 1.26. The number of halogens is 2. The maximum absolute atomic E-state index is 6.15. The molecule has 3 aliphatic rings. The van der Waals surface area contributed by atoms with Crippen LogP contribution in [0.25, 0.3) is 0 Å². The van der Waals surface area contributed by atoms with Crippen molar-refractivity contribution in [3.05, 3.63) is 33.8 Å². The van der Waals surface area contributed by atoms with Crippen LogP contribution in [0.3, 0.4) is 0 Å². The maximum Gasteiger partial charge on any atom is 0.0595 e. The van der Waals surface area contributed by atoms with Gasteiger partial charge in [-0.2, -0.15) is 0 Å². The van der Waals surface area contributed by atoms with E-state index in [9.17, 15) is 0 Å². The zero-order chi connectivity index (χ0) is 13.4. The molecule has 3 aliphatic heterocycles. The van der Waals surface area contributed by atoms with Crippen LogP contribution in [0.2, 0.25) is 10.0 Å². The quantitative estimate of drug-likeness (QED) is 0.927. The molecule has 3 fully saturated rings. The Balaban J connectivity index is 1.85. The first kappa shape index (κ1) is 13.7. The molecule has 2 unspecified atom stereocenters. The van der Waals surface area contributed by atoms with Crippen LogP contribution in [0.4, 0.5) is 0 Å². The molecular formula is C15H20Cl2N2. The zero-order valence-corrected chi connectivity index (χ0v) is 12.5. The Hall–Kier alpha value is -0.280. The fourth-order valence-electron chi connectivity index (χ4n) is 3.77. The predicted octanol–water partition coefficient (Wildman–Crippen LogP) is 3.38. The Labute approximate surface area is 124 Å². The van der Waals surface area contributed by atoms with Crippen molar-refractivity contribution in [2.24, 2.45) is 17.6 Å². The predicted molar refractivity (Wildman–Crippen MR) is 80.9 cm³/mol. The third kappa shape index (κ3) is 2.64. The molecule has 3 saturated heterocycles. The fraction of sp³-hybridized carbons (Fsp3) is 0.600. The highest BCUT2D eigenvalue weighted by Gasteiger charge is 2.38. The Bertz CT molecular complexity index is 455. The van der Waals surface area contributed by atoms with E-state index >= 15 is 0 Å². The molecule has 0 saturated carbocycles. The first-order valence-corrected chi connectivity index (χ1v) is 7.82. The molecule has 4 heteroatoms. The highest BCUT2D eigenvalue weighted by molar-refractivity contribution is 6.42. The van der Waals surface area contributed by atoms with Gasteiger partial charge >= 0.3 is 0 Å². The fourth-order valence-corrected chi connectivity index (χ4v) is 4.07. The molecule has 3 heterocycles. The molecular weight excluding hydrogens is 279 g/mol. The summed E-state index contributed by atoms with van der Waals surface area (Å²) in [4.78, 5) is 2.57. The lowest BCUT2D eigenvalue weighted by Crippen LogP contribution is -2.50. The summed E-state index contributed by atoms with van der Waals surface area (Å²) in [6, 6.07) is 5.98. The Morgan fingerprint density at radius 2 is 1.95 bits per heavy atom. The van der Waals surface area contributed by atoms with Crippen LogP contribution in [0, 0.1) is 11.8 Å². The van der Waals surface area contributed by atoms with E-state index in [1.165, 1.54) is 38.0 Å². The van der Waals surface area contributed by atoms with E-state index in [2.05, 4.69) is 11.0 Å². The van der Waals surface area contributed by atoms with Crippen LogP contribution < -0.4 is 5.73 Å². The summed E-state index contributed by atoms with van der Waals surface area (Å²) >= 11 is 12.2. The van der Waals surface area contributed by atoms with E-state index in [4.69, 9.17) is 28.9 Å². The van der Waals surface area contributed by atoms with Crippen LogP contribution in [-0.4, -0.2) is 31.1 Å². The molecule has 2 atom stereocenters. The lowest BCUT2D eigenvalue weighted by Gasteiger charge is -2.47. The highest BCUT2D eigenvalue weighted by Crippen LogP contribution is 2.41. The topological polar surface area (TPSA) is 29.3 Å². The van der Waals surface area contributed by atoms with Crippen molar-refractivity contribution in [1.29, 1.82) is 0 Å². The molecule has 1 aromatic rings. The van der Waals surface area contributed by atoms with Gasteiger partial charge in [0.1, 0.15) is 0 Å². The second-order valence-electron chi connectivity index (χ2n) is 5.82. The maximum atomic E-state index is 6.15. The summed E-state index contributed by atoms with van der Waals surface area (Å²) in [7, 11) is 0. The van der Waals surface area contributed by atoms with E-state index in [1.54, 1.807) is 0 Å². The van der Waals surface area contributed by atoms with Crippen LogP contribution in [0.5, 0.6) is 0 Å². The summed E-state index contributed by atoms with van der Waals surface area (Å²) in [5.41, 5.74) is 7.31. The first-order valence-electron chi connectivity index (χ1n) is 7.06. The molecule has 0 spiro atoms. The van der Waals surface area contributed by atoms with Crippen molar-refractivity contribution in [3.8, 4) is 0 Å². The van der Waals surface area contributed by atoms with E-state index < -0.39 is 0 Å². The Morgan fingerprint density at radius 1 is 1.21 bits per heavy atom. The molecule has 104 valence electrons. The van der Waals surface area contributed by atoms with Crippen LogP contribution in [-0.2, 0) is 0 Å². The molecule has 0 amide bonds. The molecule has 1 aromatic carbocycles. The Kier molecular flexibility index (Phi) is 4.04. The zero-order valence-electron chi connectivity index (χ0n) is 11.0. The van der Waals surface area contributed by atoms with Gasteiger partial charge in [0.15, 0.2) is 0 Å². The molecule has 0 radical (unpaired) electrons. The van der Waals surface area contributed by atoms with Crippen molar-refractivity contribution in [2.75, 3.05) is 26.2 Å². The van der Waals surface area contributed by atoms with Gasteiger partial charge in [0.05, 0.1) is 10.0 Å². The standard InChI is InChI=1S/C15H20Cl2N2/c16-14-2-1-11(7-15(14)17)12(8-18)13-9-19-5-3-10(13)4-6-19/h1-2,7,10,12-13H,3-6,8-9,18H2. The number of rotatable bonds is 3. The van der Waals surface area contributed by atoms with Gasteiger partial charge in [-0.1, -0.05) is 29.3 Å².